The summed E-state index contributed by atoms with van der Waals surface area (Å²) in [5.41, 5.74) is -0.627. The third-order valence-electron chi connectivity index (χ3n) is 2.94. The fourth-order valence-corrected chi connectivity index (χ4v) is 2.07. The Morgan fingerprint density at radius 3 is 2.76 bits per heavy atom. The number of nitrogens with zero attached hydrogens (tertiary/aromatic N) is 1. The maximum atomic E-state index is 13.5. The van der Waals surface area contributed by atoms with Gasteiger partial charge in [-0.25, -0.2) is 4.39 Å². The molecule has 0 radical (unpaired) electrons. The number of nitro benzene ring substituents is 1. The molecule has 6 heteroatoms. The second kappa shape index (κ2) is 4.75. The van der Waals surface area contributed by atoms with Gasteiger partial charge in [0.2, 0.25) is 5.82 Å². The van der Waals surface area contributed by atoms with Gasteiger partial charge in [-0.15, -0.1) is 0 Å². The first-order valence-electron chi connectivity index (χ1n) is 5.43. The molecule has 2 rings (SSSR count). The fraction of sp³-hybridized carbons (Fsp3) is 0.455. The van der Waals surface area contributed by atoms with Crippen LogP contribution in [0.25, 0.3) is 0 Å². The fourth-order valence-electron chi connectivity index (χ4n) is 2.07. The number of hydrogen-bond donors (Lipinski definition) is 1. The van der Waals surface area contributed by atoms with Gasteiger partial charge in [0.25, 0.3) is 0 Å². The summed E-state index contributed by atoms with van der Waals surface area (Å²) in [5.74, 6) is -1.70. The molecule has 0 spiro atoms. The van der Waals surface area contributed by atoms with Crippen molar-refractivity contribution in [3.8, 4) is 0 Å². The number of nitro groups is 1. The first kappa shape index (κ1) is 11.9. The highest BCUT2D eigenvalue weighted by Gasteiger charge is 2.21. The summed E-state index contributed by atoms with van der Waals surface area (Å²) < 4.78 is 26.9. The second-order valence-electron chi connectivity index (χ2n) is 4.15. The van der Waals surface area contributed by atoms with Crippen LogP contribution >= 0.6 is 0 Å². The van der Waals surface area contributed by atoms with Crippen LogP contribution in [0, 0.1) is 21.7 Å². The van der Waals surface area contributed by atoms with E-state index in [4.69, 9.17) is 0 Å². The first-order chi connectivity index (χ1) is 8.08. The van der Waals surface area contributed by atoms with E-state index in [1.807, 2.05) is 0 Å². The molecule has 1 saturated heterocycles. The molecule has 1 N–H and O–H groups in total. The van der Waals surface area contributed by atoms with Crippen LogP contribution in [0.5, 0.6) is 0 Å². The van der Waals surface area contributed by atoms with Crippen molar-refractivity contribution < 1.29 is 13.7 Å². The Balaban J connectivity index is 2.23. The van der Waals surface area contributed by atoms with Gasteiger partial charge in [0.1, 0.15) is 5.82 Å². The van der Waals surface area contributed by atoms with Crippen LogP contribution in [0.4, 0.5) is 14.5 Å². The van der Waals surface area contributed by atoms with Crippen molar-refractivity contribution in [3.63, 3.8) is 0 Å². The predicted octanol–water partition coefficient (Wildman–Crippen LogP) is 2.17. The van der Waals surface area contributed by atoms with E-state index in [1.54, 1.807) is 0 Å². The molecular weight excluding hydrogens is 230 g/mol. The van der Waals surface area contributed by atoms with Crippen LogP contribution in [-0.4, -0.2) is 17.5 Å². The Hall–Kier alpha value is -1.56. The summed E-state index contributed by atoms with van der Waals surface area (Å²) in [4.78, 5) is 9.50. The van der Waals surface area contributed by atoms with E-state index < -0.39 is 22.2 Å². The Morgan fingerprint density at radius 1 is 1.41 bits per heavy atom. The lowest BCUT2D eigenvalue weighted by Crippen LogP contribution is -2.24. The van der Waals surface area contributed by atoms with Gasteiger partial charge in [-0.3, -0.25) is 10.1 Å². The van der Waals surface area contributed by atoms with Crippen molar-refractivity contribution in [2.24, 2.45) is 0 Å². The lowest BCUT2D eigenvalue weighted by atomic mass is 10.0. The Labute approximate surface area is 96.8 Å². The average Bonchev–Trinajstić information content (AvgIpc) is 2.75. The largest absolute Gasteiger partial charge is 0.314 e. The molecule has 0 amide bonds. The summed E-state index contributed by atoms with van der Waals surface area (Å²) in [6.07, 6.45) is 2.29. The van der Waals surface area contributed by atoms with Crippen LogP contribution in [0.1, 0.15) is 18.4 Å². The van der Waals surface area contributed by atoms with Gasteiger partial charge in [0.15, 0.2) is 0 Å². The van der Waals surface area contributed by atoms with Crippen molar-refractivity contribution in [2.75, 3.05) is 6.54 Å². The van der Waals surface area contributed by atoms with Gasteiger partial charge in [0, 0.05) is 6.04 Å². The van der Waals surface area contributed by atoms with Crippen molar-refractivity contribution in [1.82, 2.24) is 5.32 Å². The second-order valence-corrected chi connectivity index (χ2v) is 4.15. The minimum Gasteiger partial charge on any atom is -0.314 e. The summed E-state index contributed by atoms with van der Waals surface area (Å²) >= 11 is 0. The molecule has 1 atom stereocenters. The molecule has 0 saturated carbocycles. The third-order valence-corrected chi connectivity index (χ3v) is 2.94. The Kier molecular flexibility index (Phi) is 3.33. The number of halogens is 2. The first-order valence-corrected chi connectivity index (χ1v) is 5.43. The molecular formula is C11H12F2N2O2. The molecule has 17 heavy (non-hydrogen) atoms. The standard InChI is InChI=1S/C11H12F2N2O2/c12-9-6-11(15(16)17)10(13)5-7(9)4-8-2-1-3-14-8/h5-6,8,14H,1-4H2. The number of hydrogen-bond acceptors (Lipinski definition) is 3. The molecule has 1 unspecified atom stereocenters. The van der Waals surface area contributed by atoms with Crippen LogP contribution in [0.2, 0.25) is 0 Å². The molecule has 0 bridgehead atoms. The normalized spacial score (nSPS) is 19.5. The number of nitrogens with one attached hydrogen (secondary N) is 1. The van der Waals surface area contributed by atoms with Crippen LogP contribution in [0.15, 0.2) is 12.1 Å². The maximum absolute atomic E-state index is 13.5. The zero-order valence-electron chi connectivity index (χ0n) is 9.08. The van der Waals surface area contributed by atoms with Crippen molar-refractivity contribution in [2.45, 2.75) is 25.3 Å². The molecule has 1 aliphatic heterocycles. The average molecular weight is 242 g/mol. The molecule has 1 aromatic carbocycles. The zero-order valence-corrected chi connectivity index (χ0v) is 9.08. The van der Waals surface area contributed by atoms with Crippen molar-refractivity contribution >= 4 is 5.69 Å². The van der Waals surface area contributed by atoms with Crippen molar-refractivity contribution in [1.29, 1.82) is 0 Å². The van der Waals surface area contributed by atoms with Crippen LogP contribution < -0.4 is 5.32 Å². The van der Waals surface area contributed by atoms with Crippen LogP contribution in [-0.2, 0) is 6.42 Å². The van der Waals surface area contributed by atoms with Gasteiger partial charge < -0.3 is 5.32 Å². The Morgan fingerprint density at radius 2 is 2.18 bits per heavy atom. The quantitative estimate of drug-likeness (QED) is 0.652. The van der Waals surface area contributed by atoms with E-state index in [0.29, 0.717) is 12.5 Å². The van der Waals surface area contributed by atoms with E-state index in [9.17, 15) is 18.9 Å². The molecule has 4 nitrogen and oxygen atoms in total. The highest BCUT2D eigenvalue weighted by atomic mass is 19.1. The molecule has 0 aromatic heterocycles. The summed E-state index contributed by atoms with van der Waals surface area (Å²) in [5, 5.41) is 13.6. The van der Waals surface area contributed by atoms with Gasteiger partial charge in [-0.2, -0.15) is 4.39 Å². The maximum Gasteiger partial charge on any atom is 0.307 e. The third kappa shape index (κ3) is 2.58. The monoisotopic (exact) mass is 242 g/mol. The summed E-state index contributed by atoms with van der Waals surface area (Å²) in [7, 11) is 0. The van der Waals surface area contributed by atoms with E-state index in [-0.39, 0.29) is 11.6 Å². The summed E-state index contributed by atoms with van der Waals surface area (Å²) in [6.45, 7) is 0.877. The van der Waals surface area contributed by atoms with E-state index in [2.05, 4.69) is 5.32 Å². The lowest BCUT2D eigenvalue weighted by molar-refractivity contribution is -0.387. The van der Waals surface area contributed by atoms with Gasteiger partial charge in [0.05, 0.1) is 11.0 Å². The van der Waals surface area contributed by atoms with Crippen molar-refractivity contribution in [3.05, 3.63) is 39.4 Å². The number of benzene rings is 1. The Bertz CT molecular complexity index is 445. The van der Waals surface area contributed by atoms with Gasteiger partial charge in [-0.05, 0) is 37.4 Å². The molecule has 1 aromatic rings. The SMILES string of the molecule is O=[N+]([O-])c1cc(F)c(CC2CCCN2)cc1F. The topological polar surface area (TPSA) is 55.2 Å². The molecule has 0 aliphatic carbocycles. The minimum atomic E-state index is -0.982. The molecule has 1 heterocycles. The molecule has 1 fully saturated rings. The predicted molar refractivity (Wildman–Crippen MR) is 57.7 cm³/mol. The zero-order chi connectivity index (χ0) is 12.4. The van der Waals surface area contributed by atoms with Gasteiger partial charge in [-0.1, -0.05) is 0 Å². The smallest absolute Gasteiger partial charge is 0.307 e. The van der Waals surface area contributed by atoms with E-state index in [0.717, 1.165) is 25.5 Å². The van der Waals surface area contributed by atoms with E-state index >= 15 is 0 Å². The highest BCUT2D eigenvalue weighted by Crippen LogP contribution is 2.23. The minimum absolute atomic E-state index is 0.130. The molecule has 1 aliphatic rings. The lowest BCUT2D eigenvalue weighted by Gasteiger charge is -2.10. The number of rotatable bonds is 3. The van der Waals surface area contributed by atoms with Crippen LogP contribution in [0.3, 0.4) is 0 Å². The molecule has 92 valence electrons. The van der Waals surface area contributed by atoms with Gasteiger partial charge >= 0.3 is 5.69 Å². The highest BCUT2D eigenvalue weighted by molar-refractivity contribution is 5.36. The van der Waals surface area contributed by atoms with E-state index in [1.165, 1.54) is 0 Å². The summed E-state index contributed by atoms with van der Waals surface area (Å²) in [6, 6.07) is 1.71.